The number of benzene rings is 1. The van der Waals surface area contributed by atoms with E-state index in [1.54, 1.807) is 32.9 Å². The van der Waals surface area contributed by atoms with Crippen LogP contribution in [0.5, 0.6) is 0 Å². The highest BCUT2D eigenvalue weighted by Gasteiger charge is 2.22. The molecule has 1 aromatic carbocycles. The number of carbonyl (C=O) groups excluding carboxylic acids is 2. The third-order valence-corrected chi connectivity index (χ3v) is 5.50. The number of rotatable bonds is 5. The molecule has 2 aromatic heterocycles. The molecule has 2 heterocycles. The van der Waals surface area contributed by atoms with Gasteiger partial charge in [0, 0.05) is 5.69 Å². The molecule has 0 radical (unpaired) electrons. The number of esters is 1. The molecular formula is C20H21N3O4S. The van der Waals surface area contributed by atoms with E-state index in [2.05, 4.69) is 10.3 Å². The number of fused-ring (bicyclic) bond motifs is 1. The Kier molecular flexibility index (Phi) is 5.60. The van der Waals surface area contributed by atoms with E-state index in [4.69, 9.17) is 4.74 Å². The summed E-state index contributed by atoms with van der Waals surface area (Å²) >= 11 is 1.13. The van der Waals surface area contributed by atoms with Gasteiger partial charge in [0.2, 0.25) is 5.91 Å². The van der Waals surface area contributed by atoms with Crippen molar-refractivity contribution >= 4 is 39.1 Å². The molecule has 0 fully saturated rings. The van der Waals surface area contributed by atoms with E-state index in [0.29, 0.717) is 32.2 Å². The van der Waals surface area contributed by atoms with Gasteiger partial charge in [-0.15, -0.1) is 11.3 Å². The number of aromatic nitrogens is 2. The number of hydrogen-bond donors (Lipinski definition) is 1. The lowest BCUT2D eigenvalue weighted by Gasteiger charge is -2.10. The Labute approximate surface area is 166 Å². The van der Waals surface area contributed by atoms with Crippen molar-refractivity contribution in [1.29, 1.82) is 0 Å². The number of thiophene rings is 1. The van der Waals surface area contributed by atoms with Crippen LogP contribution in [-0.2, 0) is 16.1 Å². The van der Waals surface area contributed by atoms with Gasteiger partial charge in [-0.25, -0.2) is 9.78 Å². The first-order valence-corrected chi connectivity index (χ1v) is 9.67. The second-order valence-electron chi connectivity index (χ2n) is 6.42. The number of anilines is 1. The maximum atomic E-state index is 13.0. The fourth-order valence-electron chi connectivity index (χ4n) is 2.88. The van der Waals surface area contributed by atoms with Crippen molar-refractivity contribution in [1.82, 2.24) is 9.55 Å². The molecule has 1 N–H and O–H groups in total. The van der Waals surface area contributed by atoms with Crippen LogP contribution in [0.1, 0.15) is 33.5 Å². The van der Waals surface area contributed by atoms with Crippen LogP contribution in [0.3, 0.4) is 0 Å². The Morgan fingerprint density at radius 3 is 2.50 bits per heavy atom. The Morgan fingerprint density at radius 2 is 1.86 bits per heavy atom. The van der Waals surface area contributed by atoms with Crippen LogP contribution in [0.2, 0.25) is 0 Å². The highest BCUT2D eigenvalue weighted by molar-refractivity contribution is 7.20. The minimum Gasteiger partial charge on any atom is -0.462 e. The first-order chi connectivity index (χ1) is 13.3. The van der Waals surface area contributed by atoms with Gasteiger partial charge in [0.25, 0.3) is 5.56 Å². The summed E-state index contributed by atoms with van der Waals surface area (Å²) in [5, 5.41) is 3.13. The summed E-state index contributed by atoms with van der Waals surface area (Å²) < 4.78 is 6.37. The van der Waals surface area contributed by atoms with E-state index in [0.717, 1.165) is 16.9 Å². The number of hydrogen-bond acceptors (Lipinski definition) is 6. The number of amides is 1. The van der Waals surface area contributed by atoms with Gasteiger partial charge in [0.05, 0.1) is 12.0 Å². The summed E-state index contributed by atoms with van der Waals surface area (Å²) in [5.74, 6) is -0.384. The molecule has 3 rings (SSSR count). The van der Waals surface area contributed by atoms with Crippen LogP contribution in [0.25, 0.3) is 10.2 Å². The lowest BCUT2D eigenvalue weighted by atomic mass is 10.2. The standard InChI is InChI=1S/C20H21N3O4S/c1-5-27-20(26)17-12(3)16-18(28-17)21-13(4)23(19(16)25)10-15(24)22-14-8-6-11(2)7-9-14/h6-9H,5,10H2,1-4H3,(H,22,24). The van der Waals surface area contributed by atoms with Gasteiger partial charge in [-0.2, -0.15) is 0 Å². The highest BCUT2D eigenvalue weighted by atomic mass is 32.1. The summed E-state index contributed by atoms with van der Waals surface area (Å²) in [6.07, 6.45) is 0. The quantitative estimate of drug-likeness (QED) is 0.666. The summed E-state index contributed by atoms with van der Waals surface area (Å²) in [6.45, 7) is 7.14. The molecular weight excluding hydrogens is 378 g/mol. The van der Waals surface area contributed by atoms with Crippen LogP contribution in [-0.4, -0.2) is 28.0 Å². The molecule has 3 aromatic rings. The van der Waals surface area contributed by atoms with Gasteiger partial charge < -0.3 is 10.1 Å². The molecule has 8 heteroatoms. The van der Waals surface area contributed by atoms with Crippen molar-refractivity contribution in [2.24, 2.45) is 0 Å². The van der Waals surface area contributed by atoms with Crippen molar-refractivity contribution in [2.75, 3.05) is 11.9 Å². The van der Waals surface area contributed by atoms with E-state index in [-0.39, 0.29) is 24.6 Å². The second-order valence-corrected chi connectivity index (χ2v) is 7.42. The first-order valence-electron chi connectivity index (χ1n) is 8.86. The topological polar surface area (TPSA) is 90.3 Å². The van der Waals surface area contributed by atoms with Gasteiger partial charge in [0.15, 0.2) is 0 Å². The van der Waals surface area contributed by atoms with Gasteiger partial charge in [0.1, 0.15) is 22.1 Å². The zero-order valence-electron chi connectivity index (χ0n) is 16.2. The Balaban J connectivity index is 1.94. The van der Waals surface area contributed by atoms with Crippen LogP contribution in [0, 0.1) is 20.8 Å². The van der Waals surface area contributed by atoms with Gasteiger partial charge in [-0.1, -0.05) is 17.7 Å². The van der Waals surface area contributed by atoms with Crippen LogP contribution in [0.4, 0.5) is 5.69 Å². The number of carbonyl (C=O) groups is 2. The molecule has 0 saturated carbocycles. The van der Waals surface area contributed by atoms with E-state index in [1.165, 1.54) is 4.57 Å². The van der Waals surface area contributed by atoms with E-state index in [1.807, 2.05) is 19.1 Å². The highest BCUT2D eigenvalue weighted by Crippen LogP contribution is 2.28. The van der Waals surface area contributed by atoms with Crippen LogP contribution < -0.4 is 10.9 Å². The predicted octanol–water partition coefficient (Wildman–Crippen LogP) is 3.20. The minimum atomic E-state index is -0.469. The first kappa shape index (κ1) is 19.8. The lowest BCUT2D eigenvalue weighted by Crippen LogP contribution is -2.30. The number of nitrogens with zero attached hydrogens (tertiary/aromatic N) is 2. The second kappa shape index (κ2) is 7.93. The molecule has 0 aliphatic heterocycles. The van der Waals surface area contributed by atoms with E-state index < -0.39 is 5.97 Å². The summed E-state index contributed by atoms with van der Waals surface area (Å²) in [7, 11) is 0. The van der Waals surface area contributed by atoms with Crippen molar-refractivity contribution in [3.05, 3.63) is 56.4 Å². The molecule has 0 aliphatic rings. The Morgan fingerprint density at radius 1 is 1.18 bits per heavy atom. The molecule has 1 amide bonds. The normalized spacial score (nSPS) is 10.9. The van der Waals surface area contributed by atoms with Crippen LogP contribution in [0.15, 0.2) is 29.1 Å². The number of aryl methyl sites for hydroxylation is 3. The molecule has 146 valence electrons. The number of ether oxygens (including phenoxy) is 1. The van der Waals surface area contributed by atoms with Gasteiger partial charge in [-0.05, 0) is 45.4 Å². The lowest BCUT2D eigenvalue weighted by molar-refractivity contribution is -0.116. The number of nitrogens with one attached hydrogen (secondary N) is 1. The zero-order chi connectivity index (χ0) is 20.4. The largest absolute Gasteiger partial charge is 0.462 e. The summed E-state index contributed by atoms with van der Waals surface area (Å²) in [6, 6.07) is 7.40. The van der Waals surface area contributed by atoms with Crippen molar-refractivity contribution in [3.63, 3.8) is 0 Å². The minimum absolute atomic E-state index is 0.161. The van der Waals surface area contributed by atoms with E-state index in [9.17, 15) is 14.4 Å². The predicted molar refractivity (Wildman–Crippen MR) is 109 cm³/mol. The molecule has 0 saturated heterocycles. The van der Waals surface area contributed by atoms with Crippen molar-refractivity contribution < 1.29 is 14.3 Å². The van der Waals surface area contributed by atoms with Crippen molar-refractivity contribution in [2.45, 2.75) is 34.2 Å². The fraction of sp³-hybridized carbons (Fsp3) is 0.300. The van der Waals surface area contributed by atoms with Crippen LogP contribution >= 0.6 is 11.3 Å². The smallest absolute Gasteiger partial charge is 0.348 e. The molecule has 0 atom stereocenters. The maximum absolute atomic E-state index is 13.0. The third-order valence-electron chi connectivity index (χ3n) is 4.34. The molecule has 0 bridgehead atoms. The molecule has 7 nitrogen and oxygen atoms in total. The monoisotopic (exact) mass is 399 g/mol. The molecule has 0 unspecified atom stereocenters. The fourth-order valence-corrected chi connectivity index (χ4v) is 3.99. The summed E-state index contributed by atoms with van der Waals surface area (Å²) in [4.78, 5) is 42.8. The summed E-state index contributed by atoms with van der Waals surface area (Å²) in [5.41, 5.74) is 1.94. The van der Waals surface area contributed by atoms with E-state index >= 15 is 0 Å². The van der Waals surface area contributed by atoms with Crippen molar-refractivity contribution in [3.8, 4) is 0 Å². The third kappa shape index (κ3) is 3.82. The molecule has 0 spiro atoms. The average Bonchev–Trinajstić information content (AvgIpc) is 2.97. The maximum Gasteiger partial charge on any atom is 0.348 e. The van der Waals surface area contributed by atoms with Gasteiger partial charge in [-0.3, -0.25) is 14.2 Å². The SMILES string of the molecule is CCOC(=O)c1sc2nc(C)n(CC(=O)Nc3ccc(C)cc3)c(=O)c2c1C. The Hall–Kier alpha value is -3.00. The Bertz CT molecular complexity index is 1110. The molecule has 0 aliphatic carbocycles. The zero-order valence-corrected chi connectivity index (χ0v) is 17.0. The van der Waals surface area contributed by atoms with Gasteiger partial charge >= 0.3 is 5.97 Å². The average molecular weight is 399 g/mol. The molecule has 28 heavy (non-hydrogen) atoms.